The lowest BCUT2D eigenvalue weighted by molar-refractivity contribution is -0.157. The predicted molar refractivity (Wildman–Crippen MR) is 99.1 cm³/mol. The van der Waals surface area contributed by atoms with Gasteiger partial charge in [-0.05, 0) is 37.1 Å². The molecule has 6 nitrogen and oxygen atoms in total. The van der Waals surface area contributed by atoms with Gasteiger partial charge in [0.25, 0.3) is 0 Å². The fraction of sp³-hybridized carbons (Fsp3) is 0.556. The Kier molecular flexibility index (Phi) is 8.39. The van der Waals surface area contributed by atoms with Crippen molar-refractivity contribution in [3.63, 3.8) is 0 Å². The number of carbonyl (C=O) groups is 1. The predicted octanol–water partition coefficient (Wildman–Crippen LogP) is 2.21. The number of carbonyl (C=O) groups excluding carboxylic acids is 1. The Morgan fingerprint density at radius 2 is 1.74 bits per heavy atom. The largest absolute Gasteiger partial charge is 0.492 e. The van der Waals surface area contributed by atoms with Crippen molar-refractivity contribution in [1.29, 1.82) is 0 Å². The summed E-state index contributed by atoms with van der Waals surface area (Å²) in [5.41, 5.74) is 2.22. The van der Waals surface area contributed by atoms with Crippen molar-refractivity contribution in [2.45, 2.75) is 20.0 Å². The summed E-state index contributed by atoms with van der Waals surface area (Å²) in [4.78, 5) is 18.2. The van der Waals surface area contributed by atoms with Crippen molar-refractivity contribution < 1.29 is 22.7 Å². The molecular weight excluding hydrogens is 361 g/mol. The van der Waals surface area contributed by atoms with Gasteiger partial charge in [-0.15, -0.1) is 0 Å². The van der Waals surface area contributed by atoms with Crippen molar-refractivity contribution >= 4 is 11.9 Å². The zero-order valence-corrected chi connectivity index (χ0v) is 16.4. The molecule has 0 aliphatic heterocycles. The molecule has 0 aliphatic rings. The van der Waals surface area contributed by atoms with E-state index in [0.717, 1.165) is 23.9 Å². The third-order valence-corrected chi connectivity index (χ3v) is 3.70. The van der Waals surface area contributed by atoms with Gasteiger partial charge in [-0.3, -0.25) is 9.79 Å². The summed E-state index contributed by atoms with van der Waals surface area (Å²) < 4.78 is 42.7. The highest BCUT2D eigenvalue weighted by atomic mass is 19.4. The zero-order valence-electron chi connectivity index (χ0n) is 16.4. The number of aryl methyl sites for hydroxylation is 2. The summed E-state index contributed by atoms with van der Waals surface area (Å²) in [6.07, 6.45) is -4.42. The van der Waals surface area contributed by atoms with Gasteiger partial charge in [0.05, 0.1) is 13.1 Å². The first-order valence-electron chi connectivity index (χ1n) is 8.45. The van der Waals surface area contributed by atoms with Gasteiger partial charge in [-0.25, -0.2) is 0 Å². The molecule has 0 fully saturated rings. The Labute approximate surface area is 158 Å². The number of nitrogens with one attached hydrogen (secondary N) is 1. The molecule has 0 aliphatic carbocycles. The smallest absolute Gasteiger partial charge is 0.406 e. The summed E-state index contributed by atoms with van der Waals surface area (Å²) in [5.74, 6) is 0.494. The van der Waals surface area contributed by atoms with Crippen LogP contribution in [0, 0.1) is 13.8 Å². The van der Waals surface area contributed by atoms with Gasteiger partial charge in [-0.1, -0.05) is 6.07 Å². The lowest BCUT2D eigenvalue weighted by Gasteiger charge is -2.24. The number of amides is 1. The van der Waals surface area contributed by atoms with Gasteiger partial charge in [0.15, 0.2) is 5.96 Å². The number of aliphatic imine (C=N–C) groups is 1. The second-order valence-electron chi connectivity index (χ2n) is 6.36. The number of hydrogen-bond donors (Lipinski definition) is 1. The fourth-order valence-corrected chi connectivity index (χ4v) is 2.45. The van der Waals surface area contributed by atoms with Gasteiger partial charge in [0.2, 0.25) is 5.91 Å². The minimum atomic E-state index is -4.42. The molecule has 152 valence electrons. The molecule has 0 radical (unpaired) electrons. The molecule has 0 aromatic heterocycles. The average Bonchev–Trinajstić information content (AvgIpc) is 2.52. The molecule has 0 spiro atoms. The quantitative estimate of drug-likeness (QED) is 0.575. The summed E-state index contributed by atoms with van der Waals surface area (Å²) >= 11 is 0. The highest BCUT2D eigenvalue weighted by molar-refractivity contribution is 5.86. The molecule has 1 aromatic carbocycles. The molecular formula is C18H27F3N4O2. The zero-order chi connectivity index (χ0) is 20.6. The maximum atomic E-state index is 12.3. The number of halogens is 3. The first-order chi connectivity index (χ1) is 12.5. The molecule has 9 heteroatoms. The van der Waals surface area contributed by atoms with E-state index in [9.17, 15) is 18.0 Å². The van der Waals surface area contributed by atoms with Gasteiger partial charge < -0.3 is 19.9 Å². The highest BCUT2D eigenvalue weighted by Crippen LogP contribution is 2.16. The number of nitrogens with zero attached hydrogens (tertiary/aromatic N) is 3. The topological polar surface area (TPSA) is 57.2 Å². The molecule has 0 unspecified atom stereocenters. The lowest BCUT2D eigenvalue weighted by Crippen LogP contribution is -2.46. The molecule has 1 aromatic rings. The van der Waals surface area contributed by atoms with Crippen LogP contribution in [0.4, 0.5) is 13.2 Å². The Morgan fingerprint density at radius 3 is 2.26 bits per heavy atom. The number of likely N-dealkylation sites (N-methyl/N-ethyl adjacent to an activating group) is 2. The van der Waals surface area contributed by atoms with Crippen molar-refractivity contribution in [2.24, 2.45) is 4.99 Å². The minimum Gasteiger partial charge on any atom is -0.492 e. The lowest BCUT2D eigenvalue weighted by atomic mass is 10.1. The maximum Gasteiger partial charge on any atom is 0.406 e. The third-order valence-electron chi connectivity index (χ3n) is 3.70. The first kappa shape index (κ1) is 22.6. The molecule has 0 saturated heterocycles. The molecule has 27 heavy (non-hydrogen) atoms. The molecule has 1 rings (SSSR count). The summed E-state index contributed by atoms with van der Waals surface area (Å²) in [7, 11) is 4.40. The van der Waals surface area contributed by atoms with E-state index >= 15 is 0 Å². The van der Waals surface area contributed by atoms with E-state index in [1.54, 1.807) is 11.9 Å². The van der Waals surface area contributed by atoms with E-state index in [4.69, 9.17) is 4.74 Å². The molecule has 1 amide bonds. The Balaban J connectivity index is 2.45. The van der Waals surface area contributed by atoms with Gasteiger partial charge in [-0.2, -0.15) is 13.2 Å². The van der Waals surface area contributed by atoms with Crippen LogP contribution in [0.3, 0.4) is 0 Å². The molecule has 1 N–H and O–H groups in total. The van der Waals surface area contributed by atoms with Crippen LogP contribution in [0.5, 0.6) is 5.75 Å². The van der Waals surface area contributed by atoms with Gasteiger partial charge in [0, 0.05) is 21.1 Å². The van der Waals surface area contributed by atoms with Crippen LogP contribution in [-0.2, 0) is 4.79 Å². The summed E-state index contributed by atoms with van der Waals surface area (Å²) in [5, 5.41) is 2.76. The molecule has 0 heterocycles. The number of rotatable bonds is 7. The Morgan fingerprint density at radius 1 is 1.15 bits per heavy atom. The number of guanidine groups is 1. The van der Waals surface area contributed by atoms with Crippen LogP contribution in [0.25, 0.3) is 0 Å². The Hall–Kier alpha value is -2.45. The number of ether oxygens (including phenoxy) is 1. The summed E-state index contributed by atoms with van der Waals surface area (Å²) in [6, 6.07) is 5.93. The van der Waals surface area contributed by atoms with Crippen LogP contribution in [0.1, 0.15) is 11.1 Å². The SMILES string of the molecule is CN=C(NCC(=O)N(C)CC(F)(F)F)N(C)CCOc1cc(C)cc(C)c1. The minimum absolute atomic E-state index is 0.276. The number of benzene rings is 1. The number of hydrogen-bond acceptors (Lipinski definition) is 3. The van der Waals surface area contributed by atoms with Crippen LogP contribution in [-0.4, -0.2) is 75.2 Å². The summed E-state index contributed by atoms with van der Waals surface area (Å²) in [6.45, 7) is 3.30. The van der Waals surface area contributed by atoms with E-state index in [1.165, 1.54) is 7.05 Å². The molecule has 0 saturated carbocycles. The monoisotopic (exact) mass is 388 g/mol. The van der Waals surface area contributed by atoms with Crippen molar-refractivity contribution in [2.75, 3.05) is 47.4 Å². The average molecular weight is 388 g/mol. The number of alkyl halides is 3. The van der Waals surface area contributed by atoms with E-state index < -0.39 is 18.6 Å². The van der Waals surface area contributed by atoms with Crippen LogP contribution in [0.15, 0.2) is 23.2 Å². The van der Waals surface area contributed by atoms with Gasteiger partial charge in [0.1, 0.15) is 18.9 Å². The van der Waals surface area contributed by atoms with E-state index in [2.05, 4.69) is 16.4 Å². The van der Waals surface area contributed by atoms with Crippen molar-refractivity contribution in [3.8, 4) is 5.75 Å². The van der Waals surface area contributed by atoms with E-state index in [-0.39, 0.29) is 6.54 Å². The van der Waals surface area contributed by atoms with Crippen LogP contribution >= 0.6 is 0 Å². The van der Waals surface area contributed by atoms with E-state index in [1.807, 2.05) is 26.0 Å². The van der Waals surface area contributed by atoms with Crippen LogP contribution < -0.4 is 10.1 Å². The Bertz CT molecular complexity index is 642. The standard InChI is InChI=1S/C18H27F3N4O2/c1-13-8-14(2)10-15(9-13)27-7-6-24(4)17(22-3)23-11-16(26)25(5)12-18(19,20)21/h8-10H,6-7,11-12H2,1-5H3,(H,22,23). The fourth-order valence-electron chi connectivity index (χ4n) is 2.45. The molecule has 0 bridgehead atoms. The highest BCUT2D eigenvalue weighted by Gasteiger charge is 2.31. The first-order valence-corrected chi connectivity index (χ1v) is 8.45. The van der Waals surface area contributed by atoms with Crippen molar-refractivity contribution in [3.05, 3.63) is 29.3 Å². The van der Waals surface area contributed by atoms with Gasteiger partial charge >= 0.3 is 6.18 Å². The van der Waals surface area contributed by atoms with Crippen molar-refractivity contribution in [1.82, 2.24) is 15.1 Å². The normalized spacial score (nSPS) is 11.9. The van der Waals surface area contributed by atoms with E-state index in [0.29, 0.717) is 24.0 Å². The molecule has 0 atom stereocenters. The third kappa shape index (κ3) is 8.65. The maximum absolute atomic E-state index is 12.3. The van der Waals surface area contributed by atoms with Crippen LogP contribution in [0.2, 0.25) is 0 Å². The second-order valence-corrected chi connectivity index (χ2v) is 6.36. The second kappa shape index (κ2) is 10.0.